The number of halogens is 1. The highest BCUT2D eigenvalue weighted by Gasteiger charge is 2.06. The van der Waals surface area contributed by atoms with Crippen molar-refractivity contribution in [1.29, 1.82) is 0 Å². The molecule has 1 aromatic heterocycles. The SMILES string of the molecule is C=C(Nc1cccc(NC)c1)c1cnc(NCCCC)c(Cl)c1. The van der Waals surface area contributed by atoms with E-state index in [4.69, 9.17) is 11.6 Å². The van der Waals surface area contributed by atoms with Crippen molar-refractivity contribution in [2.75, 3.05) is 29.5 Å². The standard InChI is InChI=1S/C18H23ClN4/c1-4-5-9-21-18-17(19)10-14(12-22-18)13(2)23-16-8-6-7-15(11-16)20-3/h6-8,10-12,20,23H,2,4-5,9H2,1,3H3,(H,21,22). The number of nitrogens with zero attached hydrogens (tertiary/aromatic N) is 1. The fraction of sp³-hybridized carbons (Fsp3) is 0.278. The van der Waals surface area contributed by atoms with Crippen molar-refractivity contribution in [3.63, 3.8) is 0 Å². The highest BCUT2D eigenvalue weighted by atomic mass is 35.5. The predicted octanol–water partition coefficient (Wildman–Crippen LogP) is 5.07. The summed E-state index contributed by atoms with van der Waals surface area (Å²) in [5.41, 5.74) is 3.62. The summed E-state index contributed by atoms with van der Waals surface area (Å²) >= 11 is 6.30. The maximum atomic E-state index is 6.30. The number of rotatable bonds is 8. The molecule has 3 N–H and O–H groups in total. The second kappa shape index (κ2) is 8.44. The van der Waals surface area contributed by atoms with Crippen LogP contribution in [0.25, 0.3) is 5.70 Å². The molecule has 0 aliphatic carbocycles. The molecular formula is C18H23ClN4. The van der Waals surface area contributed by atoms with E-state index in [9.17, 15) is 0 Å². The number of anilines is 3. The molecule has 0 fully saturated rings. The average Bonchev–Trinajstić information content (AvgIpc) is 2.56. The Morgan fingerprint density at radius 2 is 2.04 bits per heavy atom. The number of hydrogen-bond acceptors (Lipinski definition) is 4. The third kappa shape index (κ3) is 4.89. The monoisotopic (exact) mass is 330 g/mol. The van der Waals surface area contributed by atoms with E-state index in [1.54, 1.807) is 6.20 Å². The molecule has 2 aromatic rings. The maximum absolute atomic E-state index is 6.30. The van der Waals surface area contributed by atoms with Crippen LogP contribution in [0.1, 0.15) is 25.3 Å². The predicted molar refractivity (Wildman–Crippen MR) is 101 cm³/mol. The van der Waals surface area contributed by atoms with Crippen LogP contribution in [0.15, 0.2) is 43.1 Å². The summed E-state index contributed by atoms with van der Waals surface area (Å²) in [6, 6.07) is 9.86. The molecule has 0 aliphatic rings. The van der Waals surface area contributed by atoms with Gasteiger partial charge >= 0.3 is 0 Å². The number of hydrogen-bond donors (Lipinski definition) is 3. The van der Waals surface area contributed by atoms with Gasteiger partial charge in [-0.1, -0.05) is 37.6 Å². The Hall–Kier alpha value is -2.20. The normalized spacial score (nSPS) is 10.2. The van der Waals surface area contributed by atoms with E-state index in [0.29, 0.717) is 10.8 Å². The molecule has 0 unspecified atom stereocenters. The first kappa shape index (κ1) is 17.2. The minimum absolute atomic E-state index is 0.602. The highest BCUT2D eigenvalue weighted by molar-refractivity contribution is 6.33. The Labute approximate surface area is 143 Å². The summed E-state index contributed by atoms with van der Waals surface area (Å²) in [6.07, 6.45) is 4.00. The lowest BCUT2D eigenvalue weighted by molar-refractivity contribution is 0.831. The minimum atomic E-state index is 0.602. The zero-order valence-corrected chi connectivity index (χ0v) is 14.4. The van der Waals surface area contributed by atoms with Crippen LogP contribution in [0.5, 0.6) is 0 Å². The molecule has 1 aromatic carbocycles. The van der Waals surface area contributed by atoms with Crippen molar-refractivity contribution in [3.05, 3.63) is 53.7 Å². The third-order valence-electron chi connectivity index (χ3n) is 3.46. The molecule has 0 aliphatic heterocycles. The number of benzene rings is 1. The lowest BCUT2D eigenvalue weighted by atomic mass is 10.2. The van der Waals surface area contributed by atoms with Gasteiger partial charge in [-0.2, -0.15) is 0 Å². The van der Waals surface area contributed by atoms with Crippen molar-refractivity contribution >= 4 is 34.5 Å². The van der Waals surface area contributed by atoms with E-state index in [1.807, 2.05) is 37.4 Å². The summed E-state index contributed by atoms with van der Waals surface area (Å²) in [5, 5.41) is 10.2. The first-order valence-electron chi connectivity index (χ1n) is 7.77. The molecule has 23 heavy (non-hydrogen) atoms. The second-order valence-corrected chi connectivity index (χ2v) is 5.68. The molecule has 0 amide bonds. The van der Waals surface area contributed by atoms with Gasteiger partial charge in [0.1, 0.15) is 5.82 Å². The van der Waals surface area contributed by atoms with Crippen LogP contribution in [0.4, 0.5) is 17.2 Å². The van der Waals surface area contributed by atoms with Crippen LogP contribution in [-0.4, -0.2) is 18.6 Å². The van der Waals surface area contributed by atoms with Crippen LogP contribution >= 0.6 is 11.6 Å². The number of unbranched alkanes of at least 4 members (excludes halogenated alkanes) is 1. The largest absolute Gasteiger partial charge is 0.388 e. The van der Waals surface area contributed by atoms with Gasteiger partial charge in [0.15, 0.2) is 0 Å². The Bertz CT molecular complexity index is 670. The molecule has 0 saturated carbocycles. The van der Waals surface area contributed by atoms with E-state index in [2.05, 4.69) is 34.4 Å². The first-order valence-corrected chi connectivity index (χ1v) is 8.15. The van der Waals surface area contributed by atoms with Gasteiger partial charge in [0.2, 0.25) is 0 Å². The van der Waals surface area contributed by atoms with Crippen LogP contribution in [0, 0.1) is 0 Å². The molecule has 0 radical (unpaired) electrons. The van der Waals surface area contributed by atoms with E-state index in [-0.39, 0.29) is 0 Å². The molecular weight excluding hydrogens is 308 g/mol. The van der Waals surface area contributed by atoms with Crippen molar-refractivity contribution in [2.24, 2.45) is 0 Å². The van der Waals surface area contributed by atoms with Gasteiger partial charge in [0.05, 0.1) is 5.02 Å². The molecule has 5 heteroatoms. The maximum Gasteiger partial charge on any atom is 0.144 e. The van der Waals surface area contributed by atoms with Crippen molar-refractivity contribution in [2.45, 2.75) is 19.8 Å². The topological polar surface area (TPSA) is 49.0 Å². The van der Waals surface area contributed by atoms with E-state index < -0.39 is 0 Å². The van der Waals surface area contributed by atoms with Crippen molar-refractivity contribution in [1.82, 2.24) is 4.98 Å². The lowest BCUT2D eigenvalue weighted by Gasteiger charge is -2.13. The van der Waals surface area contributed by atoms with Crippen LogP contribution in [-0.2, 0) is 0 Å². The van der Waals surface area contributed by atoms with Gasteiger partial charge < -0.3 is 16.0 Å². The second-order valence-electron chi connectivity index (χ2n) is 5.27. The zero-order valence-electron chi connectivity index (χ0n) is 13.6. The minimum Gasteiger partial charge on any atom is -0.388 e. The molecule has 0 saturated heterocycles. The number of nitrogens with one attached hydrogen (secondary N) is 3. The Morgan fingerprint density at radius 1 is 1.26 bits per heavy atom. The van der Waals surface area contributed by atoms with Gasteiger partial charge in [0, 0.05) is 42.4 Å². The van der Waals surface area contributed by atoms with Gasteiger partial charge in [0.25, 0.3) is 0 Å². The Balaban J connectivity index is 2.05. The number of aromatic nitrogens is 1. The van der Waals surface area contributed by atoms with E-state index >= 15 is 0 Å². The highest BCUT2D eigenvalue weighted by Crippen LogP contribution is 2.25. The van der Waals surface area contributed by atoms with Gasteiger partial charge in [-0.3, -0.25) is 0 Å². The van der Waals surface area contributed by atoms with Gasteiger partial charge in [-0.15, -0.1) is 0 Å². The van der Waals surface area contributed by atoms with Gasteiger partial charge in [-0.25, -0.2) is 4.98 Å². The molecule has 2 rings (SSSR count). The summed E-state index contributed by atoms with van der Waals surface area (Å²) in [7, 11) is 1.89. The molecule has 0 spiro atoms. The molecule has 122 valence electrons. The van der Waals surface area contributed by atoms with Crippen LogP contribution in [0.3, 0.4) is 0 Å². The fourth-order valence-electron chi connectivity index (χ4n) is 2.12. The summed E-state index contributed by atoms with van der Waals surface area (Å²) < 4.78 is 0. The summed E-state index contributed by atoms with van der Waals surface area (Å²) in [6.45, 7) is 7.10. The van der Waals surface area contributed by atoms with Crippen molar-refractivity contribution in [3.8, 4) is 0 Å². The third-order valence-corrected chi connectivity index (χ3v) is 3.75. The summed E-state index contributed by atoms with van der Waals surface area (Å²) in [4.78, 5) is 4.39. The molecule has 4 nitrogen and oxygen atoms in total. The lowest BCUT2D eigenvalue weighted by Crippen LogP contribution is -2.05. The molecule has 1 heterocycles. The Kier molecular flexibility index (Phi) is 6.29. The quantitative estimate of drug-likeness (QED) is 0.591. The molecule has 0 atom stereocenters. The Morgan fingerprint density at radius 3 is 2.74 bits per heavy atom. The van der Waals surface area contributed by atoms with Crippen LogP contribution < -0.4 is 16.0 Å². The summed E-state index contributed by atoms with van der Waals surface area (Å²) in [5.74, 6) is 0.717. The zero-order chi connectivity index (χ0) is 16.7. The first-order chi connectivity index (χ1) is 11.1. The van der Waals surface area contributed by atoms with Crippen LogP contribution in [0.2, 0.25) is 5.02 Å². The smallest absolute Gasteiger partial charge is 0.144 e. The average molecular weight is 331 g/mol. The van der Waals surface area contributed by atoms with Crippen molar-refractivity contribution < 1.29 is 0 Å². The van der Waals surface area contributed by atoms with Gasteiger partial charge in [-0.05, 0) is 30.7 Å². The number of pyridine rings is 1. The van der Waals surface area contributed by atoms with E-state index in [0.717, 1.165) is 42.0 Å². The molecule has 0 bridgehead atoms. The fourth-order valence-corrected chi connectivity index (χ4v) is 2.35. The van der Waals surface area contributed by atoms with E-state index in [1.165, 1.54) is 0 Å².